The molecule has 1 aliphatic heterocycles. The average Bonchev–Trinajstić information content (AvgIpc) is 3.13. The molecular weight excluding hydrogens is 274 g/mol. The molecule has 5 nitrogen and oxygen atoms in total. The van der Waals surface area contributed by atoms with Crippen LogP contribution < -0.4 is 10.6 Å². The summed E-state index contributed by atoms with van der Waals surface area (Å²) in [5, 5.41) is 16.1. The third-order valence-electron chi connectivity index (χ3n) is 4.01. The fraction of sp³-hybridized carbons (Fsp3) is 0.571. The zero-order valence-electron chi connectivity index (χ0n) is 11.4. The Morgan fingerprint density at radius 3 is 3.10 bits per heavy atom. The van der Waals surface area contributed by atoms with E-state index in [9.17, 15) is 10.1 Å². The number of anilines is 1. The van der Waals surface area contributed by atoms with E-state index < -0.39 is 0 Å². The monoisotopic (exact) mass is 291 g/mol. The molecule has 2 heterocycles. The van der Waals surface area contributed by atoms with Crippen LogP contribution in [0.1, 0.15) is 28.8 Å². The van der Waals surface area contributed by atoms with Crippen LogP contribution in [0.15, 0.2) is 0 Å². The lowest BCUT2D eigenvalue weighted by molar-refractivity contribution is -0.117. The molecule has 1 saturated heterocycles. The number of methoxy groups -OCH3 is 1. The molecule has 2 aliphatic rings. The van der Waals surface area contributed by atoms with E-state index in [0.717, 1.165) is 24.8 Å². The normalized spacial score (nSPS) is 24.4. The predicted molar refractivity (Wildman–Crippen MR) is 76.9 cm³/mol. The third kappa shape index (κ3) is 2.33. The summed E-state index contributed by atoms with van der Waals surface area (Å²) in [5.74, 6) is -0.0685. The average molecular weight is 291 g/mol. The Balaban J connectivity index is 1.72. The van der Waals surface area contributed by atoms with Gasteiger partial charge in [0, 0.05) is 18.5 Å². The van der Waals surface area contributed by atoms with Gasteiger partial charge in [-0.15, -0.1) is 11.3 Å². The van der Waals surface area contributed by atoms with Crippen molar-refractivity contribution >= 4 is 22.2 Å². The molecule has 0 saturated carbocycles. The minimum atomic E-state index is -0.233. The summed E-state index contributed by atoms with van der Waals surface area (Å²) >= 11 is 1.55. The van der Waals surface area contributed by atoms with Crippen LogP contribution in [0.4, 0.5) is 5.00 Å². The Morgan fingerprint density at radius 2 is 2.40 bits per heavy atom. The minimum Gasteiger partial charge on any atom is -0.380 e. The van der Waals surface area contributed by atoms with Gasteiger partial charge in [0.25, 0.3) is 0 Å². The number of nitrogens with zero attached hydrogens (tertiary/aromatic N) is 1. The first kappa shape index (κ1) is 13.6. The van der Waals surface area contributed by atoms with Gasteiger partial charge in [-0.3, -0.25) is 4.79 Å². The summed E-state index contributed by atoms with van der Waals surface area (Å²) in [5.41, 5.74) is 1.80. The van der Waals surface area contributed by atoms with E-state index in [1.165, 1.54) is 4.88 Å². The molecule has 2 N–H and O–H groups in total. The van der Waals surface area contributed by atoms with Crippen LogP contribution >= 0.6 is 11.3 Å². The first-order chi connectivity index (χ1) is 9.72. The van der Waals surface area contributed by atoms with Gasteiger partial charge in [0.05, 0.1) is 17.7 Å². The fourth-order valence-corrected chi connectivity index (χ4v) is 4.13. The van der Waals surface area contributed by atoms with Gasteiger partial charge in [0.2, 0.25) is 5.91 Å². The van der Waals surface area contributed by atoms with Gasteiger partial charge in [-0.1, -0.05) is 0 Å². The highest BCUT2D eigenvalue weighted by Gasteiger charge is 2.31. The zero-order valence-corrected chi connectivity index (χ0v) is 12.2. The van der Waals surface area contributed by atoms with E-state index in [0.29, 0.717) is 23.5 Å². The van der Waals surface area contributed by atoms with Crippen LogP contribution in [-0.2, 0) is 22.4 Å². The molecule has 1 fully saturated rings. The van der Waals surface area contributed by atoms with Gasteiger partial charge in [-0.05, 0) is 31.2 Å². The maximum Gasteiger partial charge on any atom is 0.242 e. The van der Waals surface area contributed by atoms with E-state index in [-0.39, 0.29) is 18.1 Å². The van der Waals surface area contributed by atoms with Crippen molar-refractivity contribution in [1.82, 2.24) is 5.32 Å². The highest BCUT2D eigenvalue weighted by Crippen LogP contribution is 2.38. The largest absolute Gasteiger partial charge is 0.380 e. The SMILES string of the molecule is COC1CNC(C(=O)Nc2sc3c(c2C#N)CCC3)C1. The number of aryl methyl sites for hydroxylation is 1. The lowest BCUT2D eigenvalue weighted by Gasteiger charge is -2.10. The number of amides is 1. The number of hydrogen-bond acceptors (Lipinski definition) is 5. The number of ether oxygens (including phenoxy) is 1. The lowest BCUT2D eigenvalue weighted by Crippen LogP contribution is -2.35. The maximum atomic E-state index is 12.2. The molecule has 1 aliphatic carbocycles. The predicted octanol–water partition coefficient (Wildman–Crippen LogP) is 1.42. The summed E-state index contributed by atoms with van der Waals surface area (Å²) < 4.78 is 5.24. The second-order valence-electron chi connectivity index (χ2n) is 5.22. The van der Waals surface area contributed by atoms with Crippen molar-refractivity contribution in [3.63, 3.8) is 0 Å². The van der Waals surface area contributed by atoms with Gasteiger partial charge in [-0.25, -0.2) is 0 Å². The van der Waals surface area contributed by atoms with Crippen LogP contribution in [-0.4, -0.2) is 31.7 Å². The quantitative estimate of drug-likeness (QED) is 0.883. The molecule has 1 amide bonds. The highest BCUT2D eigenvalue weighted by atomic mass is 32.1. The zero-order chi connectivity index (χ0) is 14.1. The van der Waals surface area contributed by atoms with E-state index in [2.05, 4.69) is 16.7 Å². The van der Waals surface area contributed by atoms with Crippen LogP contribution in [0.3, 0.4) is 0 Å². The molecule has 1 aromatic rings. The van der Waals surface area contributed by atoms with E-state index in [1.807, 2.05) is 0 Å². The number of nitriles is 1. The second-order valence-corrected chi connectivity index (χ2v) is 6.32. The molecule has 1 aromatic heterocycles. The Labute approximate surface area is 121 Å². The summed E-state index contributed by atoms with van der Waals surface area (Å²) in [6.07, 6.45) is 3.87. The van der Waals surface area contributed by atoms with Gasteiger partial charge in [-0.2, -0.15) is 5.26 Å². The van der Waals surface area contributed by atoms with E-state index in [1.54, 1.807) is 18.4 Å². The third-order valence-corrected chi connectivity index (χ3v) is 5.22. The molecule has 3 rings (SSSR count). The molecule has 6 heteroatoms. The van der Waals surface area contributed by atoms with Crippen LogP contribution in [0.25, 0.3) is 0 Å². The minimum absolute atomic E-state index is 0.0685. The molecule has 106 valence electrons. The lowest BCUT2D eigenvalue weighted by atomic mass is 10.1. The maximum absolute atomic E-state index is 12.2. The fourth-order valence-electron chi connectivity index (χ4n) is 2.89. The number of rotatable bonds is 3. The van der Waals surface area contributed by atoms with Crippen molar-refractivity contribution in [1.29, 1.82) is 5.26 Å². The Hall–Kier alpha value is -1.42. The second kappa shape index (κ2) is 5.52. The first-order valence-electron chi connectivity index (χ1n) is 6.84. The molecule has 20 heavy (non-hydrogen) atoms. The smallest absolute Gasteiger partial charge is 0.242 e. The van der Waals surface area contributed by atoms with Crippen molar-refractivity contribution in [3.05, 3.63) is 16.0 Å². The topological polar surface area (TPSA) is 74.2 Å². The van der Waals surface area contributed by atoms with Crippen LogP contribution in [0.5, 0.6) is 0 Å². The van der Waals surface area contributed by atoms with E-state index >= 15 is 0 Å². The van der Waals surface area contributed by atoms with Crippen LogP contribution in [0, 0.1) is 11.3 Å². The van der Waals surface area contributed by atoms with Crippen molar-refractivity contribution in [2.24, 2.45) is 0 Å². The molecule has 0 spiro atoms. The Morgan fingerprint density at radius 1 is 1.55 bits per heavy atom. The summed E-state index contributed by atoms with van der Waals surface area (Å²) in [7, 11) is 1.66. The molecule has 2 atom stereocenters. The number of nitrogens with one attached hydrogen (secondary N) is 2. The van der Waals surface area contributed by atoms with Crippen LogP contribution in [0.2, 0.25) is 0 Å². The van der Waals surface area contributed by atoms with Crippen molar-refractivity contribution in [2.75, 3.05) is 19.0 Å². The molecular formula is C14H17N3O2S. The van der Waals surface area contributed by atoms with Gasteiger partial charge in [0.1, 0.15) is 11.1 Å². The van der Waals surface area contributed by atoms with E-state index in [4.69, 9.17) is 4.74 Å². The van der Waals surface area contributed by atoms with Gasteiger partial charge in [0.15, 0.2) is 0 Å². The number of fused-ring (bicyclic) bond motifs is 1. The standard InChI is InChI=1S/C14H17N3O2S/c1-19-8-5-11(16-7-8)13(18)17-14-10(6-15)9-3-2-4-12(9)20-14/h8,11,16H,2-5,7H2,1H3,(H,17,18). The number of thiophene rings is 1. The first-order valence-corrected chi connectivity index (χ1v) is 7.66. The Bertz CT molecular complexity index is 576. The molecule has 0 radical (unpaired) electrons. The van der Waals surface area contributed by atoms with Crippen molar-refractivity contribution in [3.8, 4) is 6.07 Å². The molecule has 2 unspecified atom stereocenters. The number of hydrogen-bond donors (Lipinski definition) is 2. The summed E-state index contributed by atoms with van der Waals surface area (Å²) in [6.45, 7) is 0.695. The van der Waals surface area contributed by atoms with Crippen molar-refractivity contribution in [2.45, 2.75) is 37.8 Å². The molecule has 0 aromatic carbocycles. The number of carbonyl (C=O) groups is 1. The Kier molecular flexibility index (Phi) is 3.74. The van der Waals surface area contributed by atoms with Crippen molar-refractivity contribution < 1.29 is 9.53 Å². The highest BCUT2D eigenvalue weighted by molar-refractivity contribution is 7.16. The van der Waals surface area contributed by atoms with Gasteiger partial charge < -0.3 is 15.4 Å². The summed E-state index contributed by atoms with van der Waals surface area (Å²) in [4.78, 5) is 13.5. The summed E-state index contributed by atoms with van der Waals surface area (Å²) in [6, 6.07) is 2.01. The molecule has 0 bridgehead atoms. The van der Waals surface area contributed by atoms with Gasteiger partial charge >= 0.3 is 0 Å². The number of carbonyl (C=O) groups excluding carboxylic acids is 1.